The molecule has 0 spiro atoms. The summed E-state index contributed by atoms with van der Waals surface area (Å²) in [7, 11) is 0. The Hall–Kier alpha value is -0.0800. The molecule has 0 radical (unpaired) electrons. The van der Waals surface area contributed by atoms with E-state index in [9.17, 15) is 5.11 Å². The summed E-state index contributed by atoms with van der Waals surface area (Å²) in [6.07, 6.45) is 2.74. The van der Waals surface area contributed by atoms with E-state index in [1.165, 1.54) is 0 Å². The van der Waals surface area contributed by atoms with Crippen LogP contribution >= 0.6 is 0 Å². The second kappa shape index (κ2) is 2.24. The number of fused-ring (bicyclic) bond motifs is 2. The molecule has 1 N–H and O–H groups in total. The van der Waals surface area contributed by atoms with Crippen LogP contribution in [0.15, 0.2) is 0 Å². The Morgan fingerprint density at radius 2 is 2.08 bits per heavy atom. The molecule has 2 bridgehead atoms. The zero-order valence-corrected chi connectivity index (χ0v) is 8.13. The lowest BCUT2D eigenvalue weighted by atomic mass is 9.76. The molecule has 2 nitrogen and oxygen atoms in total. The molecule has 0 aromatic carbocycles. The van der Waals surface area contributed by atoms with Crippen LogP contribution in [0.25, 0.3) is 0 Å². The van der Waals surface area contributed by atoms with E-state index in [4.69, 9.17) is 4.74 Å². The topological polar surface area (TPSA) is 29.5 Å². The number of aliphatic hydroxyl groups is 1. The smallest absolute Gasteiger partial charge is 0.0922 e. The first-order valence-corrected chi connectivity index (χ1v) is 4.87. The normalized spacial score (nSPS) is 52.2. The Labute approximate surface area is 73.9 Å². The van der Waals surface area contributed by atoms with Gasteiger partial charge in [-0.1, -0.05) is 13.8 Å². The van der Waals surface area contributed by atoms with Crippen molar-refractivity contribution in [3.8, 4) is 0 Å². The lowest BCUT2D eigenvalue weighted by molar-refractivity contribution is -0.0801. The fraction of sp³-hybridized carbons (Fsp3) is 1.00. The van der Waals surface area contributed by atoms with Gasteiger partial charge >= 0.3 is 0 Å². The second-order valence-corrected chi connectivity index (χ2v) is 4.85. The molecule has 0 saturated carbocycles. The predicted octanol–water partition coefficient (Wildman–Crippen LogP) is 1.71. The lowest BCUT2D eigenvalue weighted by Gasteiger charge is -2.29. The maximum absolute atomic E-state index is 9.77. The van der Waals surface area contributed by atoms with Crippen LogP contribution in [0.5, 0.6) is 0 Å². The molecule has 0 aromatic rings. The van der Waals surface area contributed by atoms with E-state index in [1.54, 1.807) is 0 Å². The SMILES string of the molecule is CC(C)[C@]12CC[C@@](C)(O1)[C@@H](O)C2. The van der Waals surface area contributed by atoms with Gasteiger partial charge < -0.3 is 9.84 Å². The van der Waals surface area contributed by atoms with Crippen LogP contribution in [0.3, 0.4) is 0 Å². The molecule has 2 aliphatic heterocycles. The maximum atomic E-state index is 9.77. The van der Waals surface area contributed by atoms with Crippen LogP contribution in [-0.4, -0.2) is 22.4 Å². The summed E-state index contributed by atoms with van der Waals surface area (Å²) in [6.45, 7) is 6.41. The maximum Gasteiger partial charge on any atom is 0.0922 e. The summed E-state index contributed by atoms with van der Waals surface area (Å²) >= 11 is 0. The third kappa shape index (κ3) is 0.882. The van der Waals surface area contributed by atoms with Gasteiger partial charge in [0.25, 0.3) is 0 Å². The van der Waals surface area contributed by atoms with E-state index in [-0.39, 0.29) is 17.3 Å². The number of aliphatic hydroxyl groups excluding tert-OH is 1. The van der Waals surface area contributed by atoms with Crippen molar-refractivity contribution in [2.75, 3.05) is 0 Å². The highest BCUT2D eigenvalue weighted by molar-refractivity contribution is 5.09. The fourth-order valence-electron chi connectivity index (χ4n) is 2.59. The van der Waals surface area contributed by atoms with Crippen molar-refractivity contribution in [1.82, 2.24) is 0 Å². The Bertz CT molecular complexity index is 202. The Morgan fingerprint density at radius 1 is 1.42 bits per heavy atom. The second-order valence-electron chi connectivity index (χ2n) is 4.85. The van der Waals surface area contributed by atoms with Gasteiger partial charge in [-0.15, -0.1) is 0 Å². The third-order valence-electron chi connectivity index (χ3n) is 3.78. The van der Waals surface area contributed by atoms with Crippen LogP contribution < -0.4 is 0 Å². The van der Waals surface area contributed by atoms with E-state index in [0.29, 0.717) is 5.92 Å². The quantitative estimate of drug-likeness (QED) is 0.649. The molecule has 0 aliphatic carbocycles. The first kappa shape index (κ1) is 8.52. The Balaban J connectivity index is 2.25. The zero-order valence-electron chi connectivity index (χ0n) is 8.13. The van der Waals surface area contributed by atoms with E-state index >= 15 is 0 Å². The molecule has 3 atom stereocenters. The van der Waals surface area contributed by atoms with Gasteiger partial charge in [0.05, 0.1) is 17.3 Å². The number of ether oxygens (including phenoxy) is 1. The molecular weight excluding hydrogens is 152 g/mol. The molecule has 12 heavy (non-hydrogen) atoms. The fourth-order valence-corrected chi connectivity index (χ4v) is 2.59. The van der Waals surface area contributed by atoms with E-state index in [1.807, 2.05) is 6.92 Å². The van der Waals surface area contributed by atoms with Gasteiger partial charge in [-0.05, 0) is 25.7 Å². The van der Waals surface area contributed by atoms with Gasteiger partial charge in [0, 0.05) is 6.42 Å². The van der Waals surface area contributed by atoms with Gasteiger partial charge in [-0.3, -0.25) is 0 Å². The molecule has 2 saturated heterocycles. The molecule has 0 amide bonds. The van der Waals surface area contributed by atoms with Gasteiger partial charge in [-0.25, -0.2) is 0 Å². The van der Waals surface area contributed by atoms with E-state index < -0.39 is 0 Å². The Kier molecular flexibility index (Phi) is 1.59. The minimum absolute atomic E-state index is 0.00579. The molecule has 2 aliphatic rings. The molecule has 2 fully saturated rings. The van der Waals surface area contributed by atoms with E-state index in [2.05, 4.69) is 13.8 Å². The average Bonchev–Trinajstić information content (AvgIpc) is 2.41. The van der Waals surface area contributed by atoms with Crippen LogP contribution in [0, 0.1) is 5.92 Å². The monoisotopic (exact) mass is 170 g/mol. The zero-order chi connectivity index (χ0) is 8.98. The molecule has 0 aromatic heterocycles. The highest BCUT2D eigenvalue weighted by atomic mass is 16.6. The lowest BCUT2D eigenvalue weighted by Crippen LogP contribution is -2.36. The van der Waals surface area contributed by atoms with E-state index in [0.717, 1.165) is 19.3 Å². The summed E-state index contributed by atoms with van der Waals surface area (Å²) in [4.78, 5) is 0. The van der Waals surface area contributed by atoms with Crippen molar-refractivity contribution < 1.29 is 9.84 Å². The predicted molar refractivity (Wildman–Crippen MR) is 46.9 cm³/mol. The van der Waals surface area contributed by atoms with Gasteiger partial charge in [0.15, 0.2) is 0 Å². The van der Waals surface area contributed by atoms with Gasteiger partial charge in [0.2, 0.25) is 0 Å². The summed E-state index contributed by atoms with van der Waals surface area (Å²) in [5.74, 6) is 0.525. The summed E-state index contributed by atoms with van der Waals surface area (Å²) in [5, 5.41) is 9.77. The molecule has 2 rings (SSSR count). The highest BCUT2D eigenvalue weighted by Crippen LogP contribution is 2.53. The number of rotatable bonds is 1. The van der Waals surface area contributed by atoms with Crippen molar-refractivity contribution in [2.24, 2.45) is 5.92 Å². The van der Waals surface area contributed by atoms with Crippen LogP contribution in [0.1, 0.15) is 40.0 Å². The molecule has 70 valence electrons. The van der Waals surface area contributed by atoms with Crippen LogP contribution in [-0.2, 0) is 4.74 Å². The minimum atomic E-state index is -0.242. The summed E-state index contributed by atoms with van der Waals surface area (Å²) in [6, 6.07) is 0. The number of hydrogen-bond donors (Lipinski definition) is 1. The van der Waals surface area contributed by atoms with Crippen LogP contribution in [0.2, 0.25) is 0 Å². The first-order valence-electron chi connectivity index (χ1n) is 4.87. The molecule has 0 unspecified atom stereocenters. The van der Waals surface area contributed by atoms with Gasteiger partial charge in [0.1, 0.15) is 0 Å². The molecule has 2 heteroatoms. The third-order valence-corrected chi connectivity index (χ3v) is 3.78. The van der Waals surface area contributed by atoms with Crippen molar-refractivity contribution in [2.45, 2.75) is 57.3 Å². The molecule has 2 heterocycles. The van der Waals surface area contributed by atoms with Crippen molar-refractivity contribution >= 4 is 0 Å². The number of hydrogen-bond acceptors (Lipinski definition) is 2. The minimum Gasteiger partial charge on any atom is -0.390 e. The largest absolute Gasteiger partial charge is 0.390 e. The van der Waals surface area contributed by atoms with Gasteiger partial charge in [-0.2, -0.15) is 0 Å². The van der Waals surface area contributed by atoms with Crippen molar-refractivity contribution in [1.29, 1.82) is 0 Å². The summed E-state index contributed by atoms with van der Waals surface area (Å²) < 4.78 is 5.97. The standard InChI is InChI=1S/C10H18O2/c1-7(2)10-5-4-9(3,12-10)8(11)6-10/h7-8,11H,4-6H2,1-3H3/t8-,9+,10+/m0/s1. The highest BCUT2D eigenvalue weighted by Gasteiger charge is 2.59. The molecular formula is C10H18O2. The van der Waals surface area contributed by atoms with Crippen molar-refractivity contribution in [3.63, 3.8) is 0 Å². The first-order chi connectivity index (χ1) is 5.49. The Morgan fingerprint density at radius 3 is 2.33 bits per heavy atom. The average molecular weight is 170 g/mol. The van der Waals surface area contributed by atoms with Crippen molar-refractivity contribution in [3.05, 3.63) is 0 Å². The summed E-state index contributed by atoms with van der Waals surface area (Å²) in [5.41, 5.74) is -0.238. The van der Waals surface area contributed by atoms with Crippen LogP contribution in [0.4, 0.5) is 0 Å².